The smallest absolute Gasteiger partial charge is 0.229 e. The maximum atomic E-state index is 11.6. The van der Waals surface area contributed by atoms with Gasteiger partial charge in [0.25, 0.3) is 0 Å². The molecule has 15 heavy (non-hydrogen) atoms. The molecule has 4 heteroatoms. The summed E-state index contributed by atoms with van der Waals surface area (Å²) >= 11 is 0. The van der Waals surface area contributed by atoms with E-state index in [9.17, 15) is 9.90 Å². The molecule has 1 amide bonds. The predicted octanol–water partition coefficient (Wildman–Crippen LogP) is 0.702. The van der Waals surface area contributed by atoms with Gasteiger partial charge in [-0.3, -0.25) is 9.78 Å². The lowest BCUT2D eigenvalue weighted by Gasteiger charge is -2.25. The maximum absolute atomic E-state index is 11.6. The van der Waals surface area contributed by atoms with E-state index in [2.05, 4.69) is 10.3 Å². The minimum absolute atomic E-state index is 0.112. The third-order valence-corrected chi connectivity index (χ3v) is 2.69. The van der Waals surface area contributed by atoms with Crippen molar-refractivity contribution >= 4 is 5.91 Å². The third kappa shape index (κ3) is 2.15. The van der Waals surface area contributed by atoms with E-state index in [4.69, 9.17) is 0 Å². The lowest BCUT2D eigenvalue weighted by molar-refractivity contribution is -0.128. The number of aliphatic hydroxyl groups excluding tert-OH is 1. The van der Waals surface area contributed by atoms with E-state index in [1.165, 1.54) is 0 Å². The van der Waals surface area contributed by atoms with Gasteiger partial charge in [-0.15, -0.1) is 0 Å². The van der Waals surface area contributed by atoms with E-state index >= 15 is 0 Å². The van der Waals surface area contributed by atoms with Crippen LogP contribution < -0.4 is 5.32 Å². The quantitative estimate of drug-likeness (QED) is 0.711. The van der Waals surface area contributed by atoms with Gasteiger partial charge in [0.05, 0.1) is 5.92 Å². The number of carbonyl (C=O) groups excluding carboxylic acids is 1. The summed E-state index contributed by atoms with van der Waals surface area (Å²) in [4.78, 5) is 15.8. The zero-order chi connectivity index (χ0) is 10.8. The maximum Gasteiger partial charge on any atom is 0.229 e. The summed E-state index contributed by atoms with van der Waals surface area (Å²) in [5.74, 6) is -0.277. The van der Waals surface area contributed by atoms with Crippen LogP contribution in [-0.4, -0.2) is 22.2 Å². The number of piperidine rings is 1. The van der Waals surface area contributed by atoms with Gasteiger partial charge in [-0.05, 0) is 31.4 Å². The molecule has 1 aliphatic heterocycles. The molecular formula is C11H14N2O2. The van der Waals surface area contributed by atoms with Gasteiger partial charge in [0, 0.05) is 11.9 Å². The van der Waals surface area contributed by atoms with Gasteiger partial charge in [-0.25, -0.2) is 0 Å². The van der Waals surface area contributed by atoms with Crippen LogP contribution in [0.5, 0.6) is 0 Å². The monoisotopic (exact) mass is 206 g/mol. The number of hydrogen-bond donors (Lipinski definition) is 2. The first-order valence-electron chi connectivity index (χ1n) is 5.08. The average Bonchev–Trinajstić information content (AvgIpc) is 2.20. The molecule has 2 unspecified atom stereocenters. The Hall–Kier alpha value is -1.42. The molecule has 1 aromatic heterocycles. The average molecular weight is 206 g/mol. The molecule has 4 nitrogen and oxygen atoms in total. The minimum atomic E-state index is -0.688. The molecule has 1 aromatic rings. The van der Waals surface area contributed by atoms with E-state index < -0.39 is 6.23 Å². The van der Waals surface area contributed by atoms with Crippen molar-refractivity contribution in [3.63, 3.8) is 0 Å². The van der Waals surface area contributed by atoms with E-state index in [1.807, 2.05) is 19.1 Å². The van der Waals surface area contributed by atoms with Crippen molar-refractivity contribution in [3.05, 3.63) is 29.6 Å². The van der Waals surface area contributed by atoms with E-state index in [0.29, 0.717) is 12.8 Å². The number of carbonyl (C=O) groups is 1. The lowest BCUT2D eigenvalue weighted by Crippen LogP contribution is -2.42. The molecule has 0 spiro atoms. The first-order valence-corrected chi connectivity index (χ1v) is 5.08. The predicted molar refractivity (Wildman–Crippen MR) is 55.1 cm³/mol. The first-order chi connectivity index (χ1) is 7.16. The second-order valence-electron chi connectivity index (χ2n) is 3.89. The highest BCUT2D eigenvalue weighted by atomic mass is 16.3. The number of hydrogen-bond acceptors (Lipinski definition) is 3. The van der Waals surface area contributed by atoms with Crippen LogP contribution >= 0.6 is 0 Å². The highest BCUT2D eigenvalue weighted by molar-refractivity contribution is 5.84. The van der Waals surface area contributed by atoms with Crippen molar-refractivity contribution in [3.8, 4) is 0 Å². The summed E-state index contributed by atoms with van der Waals surface area (Å²) in [6, 6.07) is 3.82. The fraction of sp³-hybridized carbons (Fsp3) is 0.455. The molecule has 0 saturated carbocycles. The van der Waals surface area contributed by atoms with Crippen LogP contribution in [0.2, 0.25) is 0 Å². The van der Waals surface area contributed by atoms with Crippen LogP contribution in [0.3, 0.4) is 0 Å². The standard InChI is InChI=1S/C11H14N2O2/c1-7-2-3-8(6-12-7)9-4-5-10(14)13-11(9)15/h2-3,6,9-10,14H,4-5H2,1H3,(H,13,15). The van der Waals surface area contributed by atoms with Crippen LogP contribution in [-0.2, 0) is 4.79 Å². The molecule has 2 rings (SSSR count). The minimum Gasteiger partial charge on any atom is -0.374 e. The van der Waals surface area contributed by atoms with Crippen molar-refractivity contribution in [1.29, 1.82) is 0 Å². The number of rotatable bonds is 1. The van der Waals surface area contributed by atoms with Crippen molar-refractivity contribution in [2.45, 2.75) is 31.9 Å². The number of aromatic nitrogens is 1. The summed E-state index contributed by atoms with van der Waals surface area (Å²) in [6.07, 6.45) is 2.33. The van der Waals surface area contributed by atoms with Crippen LogP contribution in [0.15, 0.2) is 18.3 Å². The molecule has 0 aromatic carbocycles. The molecule has 80 valence electrons. The topological polar surface area (TPSA) is 62.2 Å². The molecule has 2 heterocycles. The Labute approximate surface area is 88.3 Å². The highest BCUT2D eigenvalue weighted by Gasteiger charge is 2.27. The van der Waals surface area contributed by atoms with Crippen molar-refractivity contribution in [1.82, 2.24) is 10.3 Å². The van der Waals surface area contributed by atoms with Crippen molar-refractivity contribution in [2.24, 2.45) is 0 Å². The number of amides is 1. The zero-order valence-corrected chi connectivity index (χ0v) is 8.60. The summed E-state index contributed by atoms with van der Waals surface area (Å²) in [5.41, 5.74) is 1.86. The van der Waals surface area contributed by atoms with Gasteiger partial charge < -0.3 is 10.4 Å². The molecule has 2 N–H and O–H groups in total. The highest BCUT2D eigenvalue weighted by Crippen LogP contribution is 2.25. The molecule has 1 aliphatic rings. The van der Waals surface area contributed by atoms with Gasteiger partial charge >= 0.3 is 0 Å². The van der Waals surface area contributed by atoms with Gasteiger partial charge in [0.1, 0.15) is 6.23 Å². The van der Waals surface area contributed by atoms with Gasteiger partial charge in [-0.2, -0.15) is 0 Å². The second kappa shape index (κ2) is 3.98. The Morgan fingerprint density at radius 1 is 1.47 bits per heavy atom. The van der Waals surface area contributed by atoms with Gasteiger partial charge in [0.15, 0.2) is 0 Å². The fourth-order valence-corrected chi connectivity index (χ4v) is 1.80. The number of nitrogens with one attached hydrogen (secondary N) is 1. The molecule has 0 bridgehead atoms. The molecule has 1 saturated heterocycles. The fourth-order valence-electron chi connectivity index (χ4n) is 1.80. The zero-order valence-electron chi connectivity index (χ0n) is 8.60. The van der Waals surface area contributed by atoms with Crippen LogP contribution in [0, 0.1) is 6.92 Å². The first kappa shape index (κ1) is 10.1. The van der Waals surface area contributed by atoms with E-state index in [-0.39, 0.29) is 11.8 Å². The van der Waals surface area contributed by atoms with Crippen LogP contribution in [0.1, 0.15) is 30.0 Å². The molecular weight excluding hydrogens is 192 g/mol. The Morgan fingerprint density at radius 2 is 2.27 bits per heavy atom. The van der Waals surface area contributed by atoms with E-state index in [1.54, 1.807) is 6.20 Å². The summed E-state index contributed by atoms with van der Waals surface area (Å²) in [6.45, 7) is 1.91. The number of aryl methyl sites for hydroxylation is 1. The Kier molecular flexibility index (Phi) is 2.68. The second-order valence-corrected chi connectivity index (χ2v) is 3.89. The summed E-state index contributed by atoms with van der Waals surface area (Å²) < 4.78 is 0. The van der Waals surface area contributed by atoms with E-state index in [0.717, 1.165) is 11.3 Å². The third-order valence-electron chi connectivity index (χ3n) is 2.69. The lowest BCUT2D eigenvalue weighted by atomic mass is 9.91. The summed E-state index contributed by atoms with van der Waals surface area (Å²) in [5, 5.41) is 11.8. The molecule has 1 fully saturated rings. The van der Waals surface area contributed by atoms with Crippen molar-refractivity contribution < 1.29 is 9.90 Å². The Balaban J connectivity index is 2.17. The van der Waals surface area contributed by atoms with Crippen LogP contribution in [0.4, 0.5) is 0 Å². The van der Waals surface area contributed by atoms with Crippen LogP contribution in [0.25, 0.3) is 0 Å². The summed E-state index contributed by atoms with van der Waals surface area (Å²) in [7, 11) is 0. The molecule has 0 radical (unpaired) electrons. The number of pyridine rings is 1. The number of aliphatic hydroxyl groups is 1. The van der Waals surface area contributed by atoms with Gasteiger partial charge in [-0.1, -0.05) is 6.07 Å². The molecule has 2 atom stereocenters. The normalized spacial score (nSPS) is 26.1. The largest absolute Gasteiger partial charge is 0.374 e. The number of nitrogens with zero attached hydrogens (tertiary/aromatic N) is 1. The Bertz CT molecular complexity index is 361. The van der Waals surface area contributed by atoms with Crippen molar-refractivity contribution in [2.75, 3.05) is 0 Å². The Morgan fingerprint density at radius 3 is 2.87 bits per heavy atom. The SMILES string of the molecule is Cc1ccc(C2CCC(O)NC2=O)cn1. The molecule has 0 aliphatic carbocycles. The van der Waals surface area contributed by atoms with Gasteiger partial charge in [0.2, 0.25) is 5.91 Å².